The molecule has 1 aliphatic rings. The predicted octanol–water partition coefficient (Wildman–Crippen LogP) is 2.37. The van der Waals surface area contributed by atoms with Gasteiger partial charge in [-0.1, -0.05) is 13.8 Å². The van der Waals surface area contributed by atoms with Crippen molar-refractivity contribution in [3.8, 4) is 0 Å². The van der Waals surface area contributed by atoms with Crippen LogP contribution in [-0.2, 0) is 6.54 Å². The first kappa shape index (κ1) is 16.1. The smallest absolute Gasteiger partial charge is 0.194 e. The molecule has 2 rings (SSSR count). The molecule has 6 heteroatoms. The van der Waals surface area contributed by atoms with Crippen LogP contribution in [0.4, 0.5) is 4.39 Å². The SMILES string of the molecule is CN=C(NCc1ncccc1F)N1CCSC(C(C)C)C1. The van der Waals surface area contributed by atoms with Gasteiger partial charge in [0.15, 0.2) is 5.96 Å². The van der Waals surface area contributed by atoms with Crippen LogP contribution in [0.2, 0.25) is 0 Å². The molecule has 1 aromatic rings. The van der Waals surface area contributed by atoms with Gasteiger partial charge in [0.2, 0.25) is 0 Å². The zero-order chi connectivity index (χ0) is 15.2. The number of hydrogen-bond acceptors (Lipinski definition) is 3. The molecule has 0 aliphatic carbocycles. The van der Waals surface area contributed by atoms with E-state index in [1.807, 2.05) is 11.8 Å². The molecule has 0 bridgehead atoms. The van der Waals surface area contributed by atoms with Crippen LogP contribution in [0.5, 0.6) is 0 Å². The highest BCUT2D eigenvalue weighted by molar-refractivity contribution is 8.00. The van der Waals surface area contributed by atoms with Crippen LogP contribution in [0, 0.1) is 11.7 Å². The molecular weight excluding hydrogens is 287 g/mol. The quantitative estimate of drug-likeness (QED) is 0.687. The molecule has 1 saturated heterocycles. The van der Waals surface area contributed by atoms with E-state index in [4.69, 9.17) is 0 Å². The third-order valence-electron chi connectivity index (χ3n) is 3.60. The van der Waals surface area contributed by atoms with Crippen molar-refractivity contribution in [2.45, 2.75) is 25.6 Å². The Hall–Kier alpha value is -1.30. The molecule has 2 heterocycles. The Balaban J connectivity index is 1.96. The van der Waals surface area contributed by atoms with Crippen molar-refractivity contribution in [1.29, 1.82) is 0 Å². The summed E-state index contributed by atoms with van der Waals surface area (Å²) in [4.78, 5) is 10.6. The van der Waals surface area contributed by atoms with Crippen LogP contribution in [-0.4, -0.2) is 47.0 Å². The lowest BCUT2D eigenvalue weighted by atomic mass is 10.1. The number of nitrogens with one attached hydrogen (secondary N) is 1. The second-order valence-corrected chi connectivity index (χ2v) is 6.78. The van der Waals surface area contributed by atoms with E-state index in [-0.39, 0.29) is 5.82 Å². The fourth-order valence-electron chi connectivity index (χ4n) is 2.31. The van der Waals surface area contributed by atoms with Crippen molar-refractivity contribution in [2.24, 2.45) is 10.9 Å². The van der Waals surface area contributed by atoms with Gasteiger partial charge in [-0.05, 0) is 18.1 Å². The maximum Gasteiger partial charge on any atom is 0.194 e. The molecule has 0 amide bonds. The summed E-state index contributed by atoms with van der Waals surface area (Å²) in [6.45, 7) is 6.81. The molecule has 0 radical (unpaired) electrons. The summed E-state index contributed by atoms with van der Waals surface area (Å²) < 4.78 is 13.6. The molecule has 21 heavy (non-hydrogen) atoms. The maximum absolute atomic E-state index is 13.6. The van der Waals surface area contributed by atoms with Crippen LogP contribution in [0.25, 0.3) is 0 Å². The number of hydrogen-bond donors (Lipinski definition) is 1. The fourth-order valence-corrected chi connectivity index (χ4v) is 3.61. The summed E-state index contributed by atoms with van der Waals surface area (Å²) in [6, 6.07) is 3.03. The van der Waals surface area contributed by atoms with Crippen molar-refractivity contribution in [1.82, 2.24) is 15.2 Å². The number of nitrogens with zero attached hydrogens (tertiary/aromatic N) is 3. The maximum atomic E-state index is 13.6. The Bertz CT molecular complexity index is 492. The summed E-state index contributed by atoms with van der Waals surface area (Å²) in [7, 11) is 1.77. The normalized spacial score (nSPS) is 20.0. The van der Waals surface area contributed by atoms with Gasteiger partial charge in [-0.3, -0.25) is 9.98 Å². The zero-order valence-corrected chi connectivity index (χ0v) is 13.7. The van der Waals surface area contributed by atoms with E-state index in [1.54, 1.807) is 19.3 Å². The first-order valence-corrected chi connectivity index (χ1v) is 8.33. The molecule has 1 unspecified atom stereocenters. The molecule has 0 aromatic carbocycles. The summed E-state index contributed by atoms with van der Waals surface area (Å²) in [5.41, 5.74) is 0.422. The summed E-state index contributed by atoms with van der Waals surface area (Å²) in [6.07, 6.45) is 1.61. The van der Waals surface area contributed by atoms with E-state index >= 15 is 0 Å². The Morgan fingerprint density at radius 3 is 3.10 bits per heavy atom. The molecular formula is C15H23FN4S. The van der Waals surface area contributed by atoms with Crippen molar-refractivity contribution >= 4 is 17.7 Å². The molecule has 1 aliphatic heterocycles. The third-order valence-corrected chi connectivity index (χ3v) is 5.14. The van der Waals surface area contributed by atoms with Crippen LogP contribution in [0.1, 0.15) is 19.5 Å². The van der Waals surface area contributed by atoms with Crippen LogP contribution in [0.15, 0.2) is 23.3 Å². The fraction of sp³-hybridized carbons (Fsp3) is 0.600. The lowest BCUT2D eigenvalue weighted by Gasteiger charge is -2.36. The number of aliphatic imine (C=N–C) groups is 1. The van der Waals surface area contributed by atoms with Gasteiger partial charge >= 0.3 is 0 Å². The Labute approximate surface area is 130 Å². The average Bonchev–Trinajstić information content (AvgIpc) is 2.50. The van der Waals surface area contributed by atoms with E-state index in [0.29, 0.717) is 23.4 Å². The van der Waals surface area contributed by atoms with Gasteiger partial charge in [0.05, 0.1) is 12.2 Å². The number of thioether (sulfide) groups is 1. The van der Waals surface area contributed by atoms with Crippen molar-refractivity contribution in [3.63, 3.8) is 0 Å². The van der Waals surface area contributed by atoms with Gasteiger partial charge in [-0.15, -0.1) is 0 Å². The van der Waals surface area contributed by atoms with Crippen LogP contribution >= 0.6 is 11.8 Å². The van der Waals surface area contributed by atoms with E-state index in [9.17, 15) is 4.39 Å². The number of pyridine rings is 1. The van der Waals surface area contributed by atoms with Gasteiger partial charge in [0, 0.05) is 37.3 Å². The Morgan fingerprint density at radius 2 is 2.43 bits per heavy atom. The minimum atomic E-state index is -0.283. The predicted molar refractivity (Wildman–Crippen MR) is 87.1 cm³/mol. The standard InChI is InChI=1S/C15H23FN4S/c1-11(2)14-10-20(7-8-21-14)15(17-3)19-9-13-12(16)5-4-6-18-13/h4-6,11,14H,7-10H2,1-3H3,(H,17,19). The van der Waals surface area contributed by atoms with E-state index in [0.717, 1.165) is 24.8 Å². The summed E-state index contributed by atoms with van der Waals surface area (Å²) >= 11 is 2.02. The molecule has 1 atom stereocenters. The van der Waals surface area contributed by atoms with Gasteiger partial charge in [0.25, 0.3) is 0 Å². The van der Waals surface area contributed by atoms with Crippen molar-refractivity contribution in [2.75, 3.05) is 25.9 Å². The molecule has 1 fully saturated rings. The minimum Gasteiger partial charge on any atom is -0.350 e. The lowest BCUT2D eigenvalue weighted by molar-refractivity contribution is 0.380. The number of guanidine groups is 1. The van der Waals surface area contributed by atoms with Gasteiger partial charge < -0.3 is 10.2 Å². The van der Waals surface area contributed by atoms with Crippen molar-refractivity contribution in [3.05, 3.63) is 29.8 Å². The number of aromatic nitrogens is 1. The van der Waals surface area contributed by atoms with Gasteiger partial charge in [-0.2, -0.15) is 11.8 Å². The molecule has 1 N–H and O–H groups in total. The van der Waals surface area contributed by atoms with Crippen molar-refractivity contribution < 1.29 is 4.39 Å². The summed E-state index contributed by atoms with van der Waals surface area (Å²) in [5.74, 6) is 2.28. The van der Waals surface area contributed by atoms with Crippen LogP contribution in [0.3, 0.4) is 0 Å². The van der Waals surface area contributed by atoms with Gasteiger partial charge in [0.1, 0.15) is 5.82 Å². The number of halogens is 1. The Kier molecular flexibility index (Phi) is 5.85. The minimum absolute atomic E-state index is 0.283. The van der Waals surface area contributed by atoms with Crippen LogP contribution < -0.4 is 5.32 Å². The van der Waals surface area contributed by atoms with E-state index < -0.39 is 0 Å². The number of rotatable bonds is 3. The molecule has 4 nitrogen and oxygen atoms in total. The highest BCUT2D eigenvalue weighted by Crippen LogP contribution is 2.24. The highest BCUT2D eigenvalue weighted by atomic mass is 32.2. The lowest BCUT2D eigenvalue weighted by Crippen LogP contribution is -2.48. The molecule has 116 valence electrons. The second kappa shape index (κ2) is 7.64. The average molecular weight is 310 g/mol. The van der Waals surface area contributed by atoms with Gasteiger partial charge in [-0.25, -0.2) is 4.39 Å². The first-order chi connectivity index (χ1) is 10.1. The topological polar surface area (TPSA) is 40.5 Å². The molecule has 0 spiro atoms. The monoisotopic (exact) mass is 310 g/mol. The highest BCUT2D eigenvalue weighted by Gasteiger charge is 2.24. The first-order valence-electron chi connectivity index (χ1n) is 7.28. The molecule has 0 saturated carbocycles. The zero-order valence-electron chi connectivity index (χ0n) is 12.8. The summed E-state index contributed by atoms with van der Waals surface area (Å²) in [5, 5.41) is 3.83. The van der Waals surface area contributed by atoms with E-state index in [1.165, 1.54) is 6.07 Å². The Morgan fingerprint density at radius 1 is 1.62 bits per heavy atom. The van der Waals surface area contributed by atoms with E-state index in [2.05, 4.69) is 34.0 Å². The third kappa shape index (κ3) is 4.33. The molecule has 1 aromatic heterocycles. The second-order valence-electron chi connectivity index (χ2n) is 5.43. The largest absolute Gasteiger partial charge is 0.350 e.